The van der Waals surface area contributed by atoms with Gasteiger partial charge in [0, 0.05) is 29.7 Å². The molecule has 1 amide bonds. The van der Waals surface area contributed by atoms with Crippen LogP contribution in [0, 0.1) is 0 Å². The summed E-state index contributed by atoms with van der Waals surface area (Å²) in [6, 6.07) is 17.7. The first-order chi connectivity index (χ1) is 18.1. The van der Waals surface area contributed by atoms with Crippen molar-refractivity contribution in [2.24, 2.45) is 0 Å². The summed E-state index contributed by atoms with van der Waals surface area (Å²) in [7, 11) is -3.57. The number of rotatable bonds is 11. The van der Waals surface area contributed by atoms with E-state index in [4.69, 9.17) is 0 Å². The number of sulfonamides is 1. The first kappa shape index (κ1) is 27.1. The van der Waals surface area contributed by atoms with Gasteiger partial charge in [-0.3, -0.25) is 14.5 Å². The number of carbonyl (C=O) groups is 1. The molecule has 38 heavy (non-hydrogen) atoms. The predicted octanol–water partition coefficient (Wildman–Crippen LogP) is 2.82. The Balaban J connectivity index is 1.33. The third kappa shape index (κ3) is 7.31. The van der Waals surface area contributed by atoms with Gasteiger partial charge in [0.25, 0.3) is 5.91 Å². The molecule has 2 aromatic heterocycles. The van der Waals surface area contributed by atoms with Gasteiger partial charge in [-0.15, -0.1) is 0 Å². The van der Waals surface area contributed by atoms with Crippen LogP contribution >= 0.6 is 0 Å². The second kappa shape index (κ2) is 11.6. The number of aromatic hydroxyl groups is 1. The number of phenolic OH excluding ortho intramolecular Hbond substituents is 1. The minimum absolute atomic E-state index is 0.0155. The molecule has 200 valence electrons. The average Bonchev–Trinajstić information content (AvgIpc) is 3.30. The average molecular weight is 538 g/mol. The lowest BCUT2D eigenvalue weighted by Crippen LogP contribution is -2.32. The van der Waals surface area contributed by atoms with Crippen LogP contribution in [0.15, 0.2) is 66.9 Å². The van der Waals surface area contributed by atoms with Crippen LogP contribution in [-0.2, 0) is 23.0 Å². The van der Waals surface area contributed by atoms with E-state index in [0.29, 0.717) is 24.2 Å². The Morgan fingerprint density at radius 3 is 2.66 bits per heavy atom. The number of aromatic nitrogens is 2. The quantitative estimate of drug-likeness (QED) is 0.161. The van der Waals surface area contributed by atoms with Gasteiger partial charge in [-0.1, -0.05) is 18.2 Å². The molecule has 0 spiro atoms. The molecule has 0 bridgehead atoms. The predicted molar refractivity (Wildman–Crippen MR) is 146 cm³/mol. The van der Waals surface area contributed by atoms with Crippen molar-refractivity contribution in [1.29, 1.82) is 0 Å². The molecule has 6 N–H and O–H groups in total. The van der Waals surface area contributed by atoms with Crippen molar-refractivity contribution in [3.63, 3.8) is 0 Å². The molecule has 0 saturated heterocycles. The topological polar surface area (TPSA) is 156 Å². The molecule has 10 nitrogen and oxygen atoms in total. The molecule has 0 aliphatic carbocycles. The number of nitrogens with one attached hydrogen (secondary N) is 4. The summed E-state index contributed by atoms with van der Waals surface area (Å²) < 4.78 is 25.2. The van der Waals surface area contributed by atoms with Crippen LogP contribution in [0.5, 0.6) is 5.75 Å². The van der Waals surface area contributed by atoms with Gasteiger partial charge >= 0.3 is 0 Å². The summed E-state index contributed by atoms with van der Waals surface area (Å²) in [6.45, 7) is 2.57. The SMILES string of the molecule is C[C@H](Cc1ccc2[nH]c(C(=O)NCc3ccccn3)cc2c1)NC[C@H](O)c1ccc(O)c(NS(C)(=O)=O)c1. The van der Waals surface area contributed by atoms with Crippen molar-refractivity contribution in [2.75, 3.05) is 17.5 Å². The third-order valence-electron chi connectivity index (χ3n) is 5.99. The van der Waals surface area contributed by atoms with Crippen LogP contribution in [0.3, 0.4) is 0 Å². The number of hydrogen-bond acceptors (Lipinski definition) is 7. The van der Waals surface area contributed by atoms with E-state index in [1.54, 1.807) is 12.3 Å². The first-order valence-electron chi connectivity index (χ1n) is 12.1. The smallest absolute Gasteiger partial charge is 0.268 e. The van der Waals surface area contributed by atoms with Crippen molar-refractivity contribution >= 4 is 32.5 Å². The second-order valence-electron chi connectivity index (χ2n) is 9.29. The van der Waals surface area contributed by atoms with Crippen LogP contribution in [0.4, 0.5) is 5.69 Å². The summed E-state index contributed by atoms with van der Waals surface area (Å²) >= 11 is 0. The highest BCUT2D eigenvalue weighted by Crippen LogP contribution is 2.28. The molecule has 0 unspecified atom stereocenters. The highest BCUT2D eigenvalue weighted by atomic mass is 32.2. The Bertz CT molecular complexity index is 1520. The monoisotopic (exact) mass is 537 g/mol. The summed E-state index contributed by atoms with van der Waals surface area (Å²) in [4.78, 5) is 19.9. The highest BCUT2D eigenvalue weighted by Gasteiger charge is 2.15. The van der Waals surface area contributed by atoms with E-state index >= 15 is 0 Å². The molecule has 11 heteroatoms. The van der Waals surface area contributed by atoms with Gasteiger partial charge in [0.1, 0.15) is 11.4 Å². The van der Waals surface area contributed by atoms with Crippen molar-refractivity contribution in [2.45, 2.75) is 32.0 Å². The van der Waals surface area contributed by atoms with Crippen molar-refractivity contribution in [1.82, 2.24) is 20.6 Å². The normalized spacial score (nSPS) is 13.2. The Morgan fingerprint density at radius 1 is 1.11 bits per heavy atom. The van der Waals surface area contributed by atoms with E-state index in [2.05, 4.69) is 25.3 Å². The van der Waals surface area contributed by atoms with Gasteiger partial charge in [-0.2, -0.15) is 0 Å². The van der Waals surface area contributed by atoms with Crippen LogP contribution in [-0.4, -0.2) is 53.3 Å². The molecular weight excluding hydrogens is 506 g/mol. The van der Waals surface area contributed by atoms with E-state index in [9.17, 15) is 23.4 Å². The zero-order chi connectivity index (χ0) is 27.3. The fraction of sp³-hybridized carbons (Fsp3) is 0.259. The van der Waals surface area contributed by atoms with Gasteiger partial charge in [-0.25, -0.2) is 8.42 Å². The van der Waals surface area contributed by atoms with Crippen LogP contribution < -0.4 is 15.4 Å². The zero-order valence-electron chi connectivity index (χ0n) is 21.1. The van der Waals surface area contributed by atoms with Gasteiger partial charge in [0.05, 0.1) is 30.3 Å². The molecule has 0 saturated carbocycles. The first-order valence-corrected chi connectivity index (χ1v) is 14.0. The largest absolute Gasteiger partial charge is 0.506 e. The van der Waals surface area contributed by atoms with Gasteiger partial charge in [-0.05, 0) is 66.9 Å². The number of anilines is 1. The number of pyridine rings is 1. The lowest BCUT2D eigenvalue weighted by atomic mass is 10.0. The highest BCUT2D eigenvalue weighted by molar-refractivity contribution is 7.92. The fourth-order valence-corrected chi connectivity index (χ4v) is 4.66. The number of H-pyrrole nitrogens is 1. The van der Waals surface area contributed by atoms with Gasteiger partial charge < -0.3 is 25.8 Å². The fourth-order valence-electron chi connectivity index (χ4n) is 4.10. The maximum Gasteiger partial charge on any atom is 0.268 e. The lowest BCUT2D eigenvalue weighted by molar-refractivity contribution is 0.0946. The number of aliphatic hydroxyl groups is 1. The summed E-state index contributed by atoms with van der Waals surface area (Å²) in [5.74, 6) is -0.428. The van der Waals surface area contributed by atoms with Crippen LogP contribution in [0.25, 0.3) is 10.9 Å². The number of aromatic amines is 1. The molecule has 4 rings (SSSR count). The molecular formula is C27H31N5O5S. The Labute approximate surface area is 221 Å². The minimum atomic E-state index is -3.57. The molecule has 0 aliphatic heterocycles. The number of nitrogens with zero attached hydrogens (tertiary/aromatic N) is 1. The Morgan fingerprint density at radius 2 is 1.92 bits per heavy atom. The summed E-state index contributed by atoms with van der Waals surface area (Å²) in [6.07, 6.45) is 2.46. The van der Waals surface area contributed by atoms with Crippen molar-refractivity contribution in [3.05, 3.63) is 89.4 Å². The molecule has 2 heterocycles. The maximum atomic E-state index is 12.6. The maximum absolute atomic E-state index is 12.6. The number of aliphatic hydroxyl groups excluding tert-OH is 1. The summed E-state index contributed by atoms with van der Waals surface area (Å²) in [5.41, 5.74) is 3.66. The lowest BCUT2D eigenvalue weighted by Gasteiger charge is -2.18. The van der Waals surface area contributed by atoms with E-state index in [0.717, 1.165) is 28.4 Å². The standard InChI is InChI=1S/C27H31N5O5S/c1-17(29-16-26(34)19-7-9-25(33)23(13-19)32-38(2,36)37)11-18-6-8-22-20(12-18)14-24(31-22)27(35)30-15-21-5-3-4-10-28-21/h3-10,12-14,17,26,29,31-34H,11,15-16H2,1-2H3,(H,30,35)/t17-,26+/m1/s1. The number of phenols is 1. The number of amides is 1. The molecule has 2 aromatic carbocycles. The van der Waals surface area contributed by atoms with Crippen LogP contribution in [0.2, 0.25) is 0 Å². The van der Waals surface area contributed by atoms with E-state index in [1.807, 2.05) is 49.4 Å². The Hall–Kier alpha value is -3.93. The van der Waals surface area contributed by atoms with Gasteiger partial charge in [0.15, 0.2) is 0 Å². The number of benzene rings is 2. The van der Waals surface area contributed by atoms with E-state index in [-0.39, 0.29) is 29.9 Å². The second-order valence-corrected chi connectivity index (χ2v) is 11.0. The number of hydrogen-bond donors (Lipinski definition) is 6. The number of carbonyl (C=O) groups excluding carboxylic acids is 1. The molecule has 0 radical (unpaired) electrons. The molecule has 0 aliphatic rings. The number of fused-ring (bicyclic) bond motifs is 1. The van der Waals surface area contributed by atoms with Crippen molar-refractivity contribution in [3.8, 4) is 5.75 Å². The third-order valence-corrected chi connectivity index (χ3v) is 6.58. The Kier molecular flexibility index (Phi) is 8.30. The van der Waals surface area contributed by atoms with Crippen molar-refractivity contribution < 1.29 is 23.4 Å². The molecule has 4 aromatic rings. The zero-order valence-corrected chi connectivity index (χ0v) is 21.9. The van der Waals surface area contributed by atoms with E-state index in [1.165, 1.54) is 12.1 Å². The van der Waals surface area contributed by atoms with Crippen LogP contribution in [0.1, 0.15) is 40.3 Å². The molecule has 0 fully saturated rings. The van der Waals surface area contributed by atoms with E-state index < -0.39 is 16.1 Å². The molecule has 2 atom stereocenters. The van der Waals surface area contributed by atoms with Gasteiger partial charge in [0.2, 0.25) is 10.0 Å². The summed E-state index contributed by atoms with van der Waals surface area (Å²) in [5, 5.41) is 27.6. The minimum Gasteiger partial charge on any atom is -0.506 e.